The van der Waals surface area contributed by atoms with Crippen LogP contribution in [0.2, 0.25) is 0 Å². The molecular formula is C12H17N3O. The van der Waals surface area contributed by atoms with Crippen LogP contribution in [-0.2, 0) is 4.79 Å². The van der Waals surface area contributed by atoms with E-state index in [2.05, 4.69) is 10.3 Å². The molecule has 0 spiro atoms. The van der Waals surface area contributed by atoms with Crippen LogP contribution >= 0.6 is 0 Å². The quantitative estimate of drug-likeness (QED) is 0.734. The predicted octanol–water partition coefficient (Wildman–Crippen LogP) is 0.731. The van der Waals surface area contributed by atoms with Gasteiger partial charge in [-0.25, -0.2) is 0 Å². The first-order valence-electron chi connectivity index (χ1n) is 6.00. The average Bonchev–Trinajstić information content (AvgIpc) is 3.12. The van der Waals surface area contributed by atoms with Gasteiger partial charge in [-0.05, 0) is 32.1 Å². The molecule has 4 nitrogen and oxygen atoms in total. The van der Waals surface area contributed by atoms with Crippen LogP contribution in [0.4, 0.5) is 0 Å². The molecule has 1 heterocycles. The molecule has 2 saturated carbocycles. The topological polar surface area (TPSA) is 67.5 Å². The van der Waals surface area contributed by atoms with Crippen molar-refractivity contribution in [3.63, 3.8) is 0 Å². The van der Waals surface area contributed by atoms with Gasteiger partial charge < -0.3 is 11.1 Å². The molecule has 1 amide bonds. The third-order valence-corrected chi connectivity index (χ3v) is 3.66. The van der Waals surface area contributed by atoms with E-state index in [-0.39, 0.29) is 23.4 Å². The van der Waals surface area contributed by atoms with Crippen LogP contribution in [0.5, 0.6) is 0 Å². The number of dihydropyridines is 1. The second-order valence-corrected chi connectivity index (χ2v) is 5.19. The first-order valence-corrected chi connectivity index (χ1v) is 6.00. The van der Waals surface area contributed by atoms with Crippen molar-refractivity contribution in [3.8, 4) is 0 Å². The Morgan fingerprint density at radius 3 is 2.75 bits per heavy atom. The molecule has 0 radical (unpaired) electrons. The predicted molar refractivity (Wildman–Crippen MR) is 62.0 cm³/mol. The number of nitrogens with zero attached hydrogens (tertiary/aromatic N) is 1. The minimum Gasteiger partial charge on any atom is -0.325 e. The minimum absolute atomic E-state index is 0.0565. The third kappa shape index (κ3) is 1.89. The Morgan fingerprint density at radius 2 is 2.25 bits per heavy atom. The Morgan fingerprint density at radius 1 is 1.50 bits per heavy atom. The van der Waals surface area contributed by atoms with E-state index in [1.54, 1.807) is 6.21 Å². The zero-order chi connectivity index (χ0) is 11.2. The molecule has 3 N–H and O–H groups in total. The summed E-state index contributed by atoms with van der Waals surface area (Å²) in [7, 11) is 0. The minimum atomic E-state index is -0.0565. The largest absolute Gasteiger partial charge is 0.325 e. The van der Waals surface area contributed by atoms with Gasteiger partial charge in [0.1, 0.15) is 0 Å². The van der Waals surface area contributed by atoms with Gasteiger partial charge >= 0.3 is 0 Å². The van der Waals surface area contributed by atoms with Crippen LogP contribution in [0.25, 0.3) is 0 Å². The number of hydrogen-bond donors (Lipinski definition) is 2. The van der Waals surface area contributed by atoms with Crippen molar-refractivity contribution in [2.45, 2.75) is 43.7 Å². The molecule has 2 aliphatic carbocycles. The smallest absolute Gasteiger partial charge is 0.227 e. The van der Waals surface area contributed by atoms with Crippen molar-refractivity contribution in [1.82, 2.24) is 5.32 Å². The lowest BCUT2D eigenvalue weighted by atomic mass is 10.0. The molecule has 0 aromatic heterocycles. The highest BCUT2D eigenvalue weighted by molar-refractivity contribution is 5.90. The number of hydrogen-bond acceptors (Lipinski definition) is 3. The lowest BCUT2D eigenvalue weighted by Gasteiger charge is -2.21. The number of amides is 1. The number of carbonyl (C=O) groups is 1. The molecule has 0 bridgehead atoms. The van der Waals surface area contributed by atoms with Gasteiger partial charge in [0.2, 0.25) is 5.91 Å². The Balaban J connectivity index is 1.57. The number of nitrogens with one attached hydrogen (secondary N) is 1. The van der Waals surface area contributed by atoms with Crippen LogP contribution in [0, 0.1) is 5.92 Å². The summed E-state index contributed by atoms with van der Waals surface area (Å²) in [6.45, 7) is 0. The Hall–Kier alpha value is -1.16. The van der Waals surface area contributed by atoms with Crippen molar-refractivity contribution in [3.05, 3.63) is 11.8 Å². The van der Waals surface area contributed by atoms with Crippen molar-refractivity contribution >= 4 is 12.1 Å². The van der Waals surface area contributed by atoms with E-state index >= 15 is 0 Å². The highest BCUT2D eigenvalue weighted by Crippen LogP contribution is 2.39. The molecule has 0 aromatic rings. The number of nitrogens with two attached hydrogens (primary N) is 1. The van der Waals surface area contributed by atoms with E-state index in [1.807, 2.05) is 6.08 Å². The van der Waals surface area contributed by atoms with E-state index in [0.717, 1.165) is 37.8 Å². The lowest BCUT2D eigenvalue weighted by molar-refractivity contribution is -0.121. The van der Waals surface area contributed by atoms with Crippen molar-refractivity contribution < 1.29 is 4.79 Å². The second-order valence-electron chi connectivity index (χ2n) is 5.19. The van der Waals surface area contributed by atoms with Crippen molar-refractivity contribution in [2.75, 3.05) is 0 Å². The molecule has 2 fully saturated rings. The molecule has 4 heteroatoms. The SMILES string of the molecule is NC1(C2CC=C(NC(=O)C3CC3)C=N2)CC1. The van der Waals surface area contributed by atoms with Crippen LogP contribution in [0.3, 0.4) is 0 Å². The van der Waals surface area contributed by atoms with Crippen LogP contribution in [0.1, 0.15) is 32.1 Å². The average molecular weight is 219 g/mol. The van der Waals surface area contributed by atoms with E-state index in [4.69, 9.17) is 5.73 Å². The first kappa shape index (κ1) is 10.0. The number of rotatable bonds is 3. The maximum absolute atomic E-state index is 11.5. The Labute approximate surface area is 95.0 Å². The molecule has 0 aromatic carbocycles. The van der Waals surface area contributed by atoms with E-state index in [9.17, 15) is 4.79 Å². The van der Waals surface area contributed by atoms with E-state index in [0.29, 0.717) is 0 Å². The zero-order valence-electron chi connectivity index (χ0n) is 9.28. The van der Waals surface area contributed by atoms with Gasteiger partial charge in [-0.1, -0.05) is 6.08 Å². The van der Waals surface area contributed by atoms with Gasteiger partial charge in [0.25, 0.3) is 0 Å². The summed E-state index contributed by atoms with van der Waals surface area (Å²) in [6.07, 6.45) is 8.88. The molecule has 1 unspecified atom stereocenters. The van der Waals surface area contributed by atoms with Gasteiger partial charge in [0.05, 0.1) is 11.7 Å². The lowest BCUT2D eigenvalue weighted by Crippen LogP contribution is -2.37. The molecule has 3 aliphatic rings. The molecule has 86 valence electrons. The summed E-state index contributed by atoms with van der Waals surface area (Å²) >= 11 is 0. The van der Waals surface area contributed by atoms with Crippen LogP contribution in [0.15, 0.2) is 16.8 Å². The van der Waals surface area contributed by atoms with Crippen LogP contribution in [-0.4, -0.2) is 23.7 Å². The highest BCUT2D eigenvalue weighted by atomic mass is 16.2. The van der Waals surface area contributed by atoms with Gasteiger partial charge in [-0.3, -0.25) is 9.79 Å². The van der Waals surface area contributed by atoms with Gasteiger partial charge in [-0.15, -0.1) is 0 Å². The van der Waals surface area contributed by atoms with Crippen molar-refractivity contribution in [2.24, 2.45) is 16.6 Å². The van der Waals surface area contributed by atoms with E-state index in [1.165, 1.54) is 0 Å². The van der Waals surface area contributed by atoms with E-state index < -0.39 is 0 Å². The molecule has 1 atom stereocenters. The zero-order valence-corrected chi connectivity index (χ0v) is 9.28. The molecular weight excluding hydrogens is 202 g/mol. The molecule has 3 rings (SSSR count). The van der Waals surface area contributed by atoms with Crippen molar-refractivity contribution in [1.29, 1.82) is 0 Å². The van der Waals surface area contributed by atoms with Crippen LogP contribution < -0.4 is 11.1 Å². The standard InChI is InChI=1S/C12H17N3O/c13-12(5-6-12)10-4-3-9(7-14-10)15-11(16)8-1-2-8/h3,7-8,10H,1-2,4-6,13H2,(H,15,16). The number of aliphatic imine (C=N–C) groups is 1. The van der Waals surface area contributed by atoms with Gasteiger partial charge in [-0.2, -0.15) is 0 Å². The maximum atomic E-state index is 11.5. The molecule has 16 heavy (non-hydrogen) atoms. The second kappa shape index (κ2) is 3.42. The normalized spacial score (nSPS) is 30.8. The molecule has 0 saturated heterocycles. The molecule has 1 aliphatic heterocycles. The fourth-order valence-corrected chi connectivity index (χ4v) is 2.06. The highest BCUT2D eigenvalue weighted by Gasteiger charge is 2.45. The Bertz CT molecular complexity index is 378. The third-order valence-electron chi connectivity index (χ3n) is 3.66. The first-order chi connectivity index (χ1) is 7.67. The number of allylic oxidation sites excluding steroid dienone is 1. The monoisotopic (exact) mass is 219 g/mol. The summed E-state index contributed by atoms with van der Waals surface area (Å²) in [5.41, 5.74) is 6.88. The number of carbonyl (C=O) groups excluding carboxylic acids is 1. The van der Waals surface area contributed by atoms with Gasteiger partial charge in [0, 0.05) is 17.7 Å². The summed E-state index contributed by atoms with van der Waals surface area (Å²) < 4.78 is 0. The summed E-state index contributed by atoms with van der Waals surface area (Å²) in [6, 6.07) is 0.217. The van der Waals surface area contributed by atoms with Gasteiger partial charge in [0.15, 0.2) is 0 Å². The fourth-order valence-electron chi connectivity index (χ4n) is 2.06. The maximum Gasteiger partial charge on any atom is 0.227 e. The Kier molecular flexibility index (Phi) is 2.14. The summed E-state index contributed by atoms with van der Waals surface area (Å²) in [5.74, 6) is 0.390. The fraction of sp³-hybridized carbons (Fsp3) is 0.667. The summed E-state index contributed by atoms with van der Waals surface area (Å²) in [4.78, 5) is 16.0. The summed E-state index contributed by atoms with van der Waals surface area (Å²) in [5, 5.41) is 2.91.